The zero-order valence-electron chi connectivity index (χ0n) is 15.9. The van der Waals surface area contributed by atoms with E-state index in [1.807, 2.05) is 61.5 Å². The van der Waals surface area contributed by atoms with Crippen LogP contribution in [-0.2, 0) is 4.79 Å². The number of aryl methyl sites for hydroxylation is 1. The second kappa shape index (κ2) is 7.77. The van der Waals surface area contributed by atoms with Crippen molar-refractivity contribution in [2.24, 2.45) is 4.99 Å². The molecule has 0 radical (unpaired) electrons. The van der Waals surface area contributed by atoms with Gasteiger partial charge >= 0.3 is 0 Å². The predicted molar refractivity (Wildman–Crippen MR) is 122 cm³/mol. The first-order valence-corrected chi connectivity index (χ1v) is 10.3. The summed E-state index contributed by atoms with van der Waals surface area (Å²) in [5.41, 5.74) is 4.56. The number of amides is 1. The van der Waals surface area contributed by atoms with E-state index in [2.05, 4.69) is 10.3 Å². The van der Waals surface area contributed by atoms with Crippen LogP contribution in [0.15, 0.2) is 53.5 Å². The average molecular weight is 422 g/mol. The molecule has 0 aliphatic carbocycles. The molecule has 0 saturated carbocycles. The maximum absolute atomic E-state index is 12.7. The number of benzene rings is 2. The monoisotopic (exact) mass is 421 g/mol. The number of aliphatic imine (C=N–C) groups is 1. The quantitative estimate of drug-likeness (QED) is 0.527. The van der Waals surface area contributed by atoms with Crippen molar-refractivity contribution in [1.82, 2.24) is 4.57 Å². The van der Waals surface area contributed by atoms with Crippen LogP contribution in [-0.4, -0.2) is 21.8 Å². The van der Waals surface area contributed by atoms with Crippen molar-refractivity contribution in [3.63, 3.8) is 0 Å². The fraction of sp³-hybridized carbons (Fsp3) is 0.136. The highest BCUT2D eigenvalue weighted by Crippen LogP contribution is 2.37. The van der Waals surface area contributed by atoms with Gasteiger partial charge in [-0.15, -0.1) is 11.3 Å². The molecule has 0 spiro atoms. The predicted octanol–water partition coefficient (Wildman–Crippen LogP) is 5.75. The summed E-state index contributed by atoms with van der Waals surface area (Å²) in [6.07, 6.45) is 3.62. The van der Waals surface area contributed by atoms with Gasteiger partial charge in [-0.3, -0.25) is 14.4 Å². The van der Waals surface area contributed by atoms with Crippen LogP contribution in [0.25, 0.3) is 11.6 Å². The summed E-state index contributed by atoms with van der Waals surface area (Å²) in [5.74, 6) is -0.260. The van der Waals surface area contributed by atoms with E-state index in [4.69, 9.17) is 12.2 Å². The van der Waals surface area contributed by atoms with Crippen LogP contribution in [0.1, 0.15) is 29.0 Å². The maximum atomic E-state index is 12.7. The summed E-state index contributed by atoms with van der Waals surface area (Å²) >= 11 is 6.71. The zero-order valence-corrected chi connectivity index (χ0v) is 17.6. The number of aromatic hydroxyl groups is 1. The Morgan fingerprint density at radius 2 is 2.07 bits per heavy atom. The Morgan fingerprint density at radius 1 is 1.28 bits per heavy atom. The number of para-hydroxylation sites is 1. The third kappa shape index (κ3) is 3.79. The standard InChI is InChI=1S/C22H19N3O2S2/c1-13-6-5-7-16(10-13)24-20(26)14(2)25-21(27)19(29-22(25)28)11-15-12-23-18-9-4-3-8-17(15)18/h3-12,14,27H,1-2H3,(H,24,26)/b15-11-. The van der Waals surface area contributed by atoms with Crippen molar-refractivity contribution in [3.05, 3.63) is 68.5 Å². The van der Waals surface area contributed by atoms with Crippen molar-refractivity contribution in [1.29, 1.82) is 0 Å². The van der Waals surface area contributed by atoms with E-state index in [1.54, 1.807) is 13.1 Å². The smallest absolute Gasteiger partial charge is 0.247 e. The van der Waals surface area contributed by atoms with E-state index >= 15 is 0 Å². The molecule has 2 N–H and O–H groups in total. The largest absolute Gasteiger partial charge is 0.493 e. The number of thiazole rings is 1. The summed E-state index contributed by atoms with van der Waals surface area (Å²) in [6, 6.07) is 14.7. The van der Waals surface area contributed by atoms with Crippen molar-refractivity contribution in [2.45, 2.75) is 19.9 Å². The van der Waals surface area contributed by atoms with Gasteiger partial charge in [0, 0.05) is 23.0 Å². The molecule has 4 rings (SSSR count). The first-order valence-electron chi connectivity index (χ1n) is 9.11. The van der Waals surface area contributed by atoms with Gasteiger partial charge in [-0.1, -0.05) is 30.3 Å². The van der Waals surface area contributed by atoms with Gasteiger partial charge in [-0.2, -0.15) is 0 Å². The van der Waals surface area contributed by atoms with Crippen LogP contribution < -0.4 is 5.32 Å². The zero-order chi connectivity index (χ0) is 20.5. The van der Waals surface area contributed by atoms with Crippen LogP contribution >= 0.6 is 23.6 Å². The number of nitrogens with one attached hydrogen (secondary N) is 1. The van der Waals surface area contributed by atoms with E-state index < -0.39 is 6.04 Å². The number of nitrogens with zero attached hydrogens (tertiary/aromatic N) is 2. The summed E-state index contributed by atoms with van der Waals surface area (Å²) in [5, 5.41) is 13.7. The Balaban J connectivity index is 1.62. The highest BCUT2D eigenvalue weighted by Gasteiger charge is 2.22. The molecule has 146 valence electrons. The highest BCUT2D eigenvalue weighted by molar-refractivity contribution is 7.73. The van der Waals surface area contributed by atoms with Crippen LogP contribution in [0.4, 0.5) is 11.4 Å². The number of aromatic nitrogens is 1. The molecule has 1 atom stereocenters. The van der Waals surface area contributed by atoms with Crippen molar-refractivity contribution >= 4 is 58.7 Å². The summed E-state index contributed by atoms with van der Waals surface area (Å²) < 4.78 is 1.92. The first-order chi connectivity index (χ1) is 13.9. The van der Waals surface area contributed by atoms with Crippen LogP contribution in [0, 0.1) is 10.9 Å². The molecule has 0 bridgehead atoms. The molecule has 0 saturated heterocycles. The second-order valence-electron chi connectivity index (χ2n) is 6.84. The van der Waals surface area contributed by atoms with Crippen LogP contribution in [0.3, 0.4) is 0 Å². The third-order valence-corrected chi connectivity index (χ3v) is 6.08. The summed E-state index contributed by atoms with van der Waals surface area (Å²) in [6.45, 7) is 3.68. The van der Waals surface area contributed by atoms with Crippen molar-refractivity contribution < 1.29 is 9.90 Å². The van der Waals surface area contributed by atoms with Gasteiger partial charge in [0.05, 0.1) is 10.6 Å². The molecule has 1 unspecified atom stereocenters. The number of hydrogen-bond donors (Lipinski definition) is 2. The highest BCUT2D eigenvalue weighted by atomic mass is 32.1. The van der Waals surface area contributed by atoms with E-state index in [1.165, 1.54) is 15.9 Å². The van der Waals surface area contributed by atoms with E-state index in [0.717, 1.165) is 22.4 Å². The van der Waals surface area contributed by atoms with Gasteiger partial charge in [0.1, 0.15) is 6.04 Å². The van der Waals surface area contributed by atoms with Crippen LogP contribution in [0.2, 0.25) is 0 Å². The summed E-state index contributed by atoms with van der Waals surface area (Å²) in [7, 11) is 0. The van der Waals surface area contributed by atoms with Crippen LogP contribution in [0.5, 0.6) is 5.88 Å². The average Bonchev–Trinajstić information content (AvgIpc) is 3.22. The molecule has 29 heavy (non-hydrogen) atoms. The number of carbonyl (C=O) groups is 1. The minimum absolute atomic E-state index is 0.0165. The number of allylic oxidation sites excluding steroid dienone is 1. The van der Waals surface area contributed by atoms with Gasteiger partial charge < -0.3 is 10.4 Å². The SMILES string of the molecule is Cc1cccc(NC(=O)C(C)n2c(O)c(/C=C3/C=Nc4ccccc43)sc2=S)c1. The van der Waals surface area contributed by atoms with Gasteiger partial charge in [-0.25, -0.2) is 0 Å². The Bertz CT molecular complexity index is 1220. The van der Waals surface area contributed by atoms with Crippen molar-refractivity contribution in [2.75, 3.05) is 5.32 Å². The molecule has 1 amide bonds. The molecule has 1 aromatic heterocycles. The van der Waals surface area contributed by atoms with E-state index in [9.17, 15) is 9.90 Å². The molecular formula is C22H19N3O2S2. The molecule has 2 heterocycles. The molecule has 2 aromatic carbocycles. The van der Waals surface area contributed by atoms with Gasteiger partial charge in [-0.05, 0) is 55.9 Å². The Hall–Kier alpha value is -3.03. The lowest BCUT2D eigenvalue weighted by Gasteiger charge is -2.15. The molecule has 5 nitrogen and oxygen atoms in total. The van der Waals surface area contributed by atoms with E-state index in [-0.39, 0.29) is 11.8 Å². The lowest BCUT2D eigenvalue weighted by Crippen LogP contribution is -2.23. The number of carbonyl (C=O) groups excluding carboxylic acids is 1. The van der Waals surface area contributed by atoms with Gasteiger partial charge in [0.25, 0.3) is 0 Å². The van der Waals surface area contributed by atoms with Gasteiger partial charge in [0.2, 0.25) is 11.8 Å². The number of fused-ring (bicyclic) bond motifs is 1. The van der Waals surface area contributed by atoms with Crippen molar-refractivity contribution in [3.8, 4) is 5.88 Å². The number of anilines is 1. The molecule has 1 aliphatic heterocycles. The minimum Gasteiger partial charge on any atom is -0.493 e. The normalized spacial score (nSPS) is 14.8. The Morgan fingerprint density at radius 3 is 2.86 bits per heavy atom. The Kier molecular flexibility index (Phi) is 5.17. The maximum Gasteiger partial charge on any atom is 0.247 e. The lowest BCUT2D eigenvalue weighted by molar-refractivity contribution is -0.118. The number of rotatable bonds is 4. The van der Waals surface area contributed by atoms with E-state index in [0.29, 0.717) is 14.5 Å². The molecule has 7 heteroatoms. The number of hydrogen-bond acceptors (Lipinski definition) is 5. The Labute approximate surface area is 177 Å². The molecular weight excluding hydrogens is 402 g/mol. The fourth-order valence-corrected chi connectivity index (χ4v) is 4.63. The molecule has 3 aromatic rings. The fourth-order valence-electron chi connectivity index (χ4n) is 3.21. The minimum atomic E-state index is -0.657. The second-order valence-corrected chi connectivity index (χ2v) is 8.51. The lowest BCUT2D eigenvalue weighted by atomic mass is 10.1. The molecule has 0 fully saturated rings. The molecule has 1 aliphatic rings. The van der Waals surface area contributed by atoms with Gasteiger partial charge in [0.15, 0.2) is 3.95 Å². The first kappa shape index (κ1) is 19.3. The summed E-state index contributed by atoms with van der Waals surface area (Å²) in [4.78, 5) is 17.7. The third-order valence-electron chi connectivity index (χ3n) is 4.74. The topological polar surface area (TPSA) is 66.6 Å².